The zero-order valence-corrected chi connectivity index (χ0v) is 13.3. The number of carbonyl (C=O) groups excluding carboxylic acids is 1. The zero-order chi connectivity index (χ0) is 12.8. The first-order valence-electron chi connectivity index (χ1n) is 5.69. The van der Waals surface area contributed by atoms with Crippen LogP contribution in [0.25, 0.3) is 0 Å². The first-order valence-corrected chi connectivity index (χ1v) is 7.40. The van der Waals surface area contributed by atoms with Gasteiger partial charge >= 0.3 is 0 Å². The largest absolute Gasteiger partial charge is 0.352 e. The van der Waals surface area contributed by atoms with Crippen LogP contribution in [0.15, 0.2) is 22.7 Å². The summed E-state index contributed by atoms with van der Waals surface area (Å²) in [5.41, 5.74) is 1.84. The van der Waals surface area contributed by atoms with Gasteiger partial charge in [-0.05, 0) is 53.4 Å². The Balaban J connectivity index is 2.47. The molecule has 0 bridgehead atoms. The van der Waals surface area contributed by atoms with E-state index >= 15 is 0 Å². The van der Waals surface area contributed by atoms with Crippen molar-refractivity contribution in [3.63, 3.8) is 0 Å². The Morgan fingerprint density at radius 3 is 2.76 bits per heavy atom. The number of rotatable bonds is 5. The van der Waals surface area contributed by atoms with Crippen molar-refractivity contribution in [3.05, 3.63) is 33.8 Å². The monoisotopic (exact) mass is 361 g/mol. The lowest BCUT2D eigenvalue weighted by Gasteiger charge is -2.08. The van der Waals surface area contributed by atoms with Crippen LogP contribution < -0.4 is 5.32 Å². The first-order chi connectivity index (χ1) is 8.00. The predicted octanol–water partition coefficient (Wildman–Crippen LogP) is 4.05. The molecule has 1 unspecified atom stereocenters. The normalized spacial score (nSPS) is 12.2. The molecule has 0 aliphatic rings. The third kappa shape index (κ3) is 5.21. The molecule has 1 N–H and O–H groups in total. The lowest BCUT2D eigenvalue weighted by molar-refractivity contribution is 0.0952. The molecule has 0 saturated heterocycles. The van der Waals surface area contributed by atoms with Crippen molar-refractivity contribution >= 4 is 37.8 Å². The molecule has 0 heterocycles. The van der Waals surface area contributed by atoms with Gasteiger partial charge in [0.2, 0.25) is 0 Å². The average molecular weight is 363 g/mol. The second-order valence-corrected chi connectivity index (χ2v) is 6.58. The average Bonchev–Trinajstić information content (AvgIpc) is 2.23. The molecule has 94 valence electrons. The molecule has 1 rings (SSSR count). The SMILES string of the molecule is Cc1ccc(C(=O)NCCCC(C)Br)c(Br)c1. The van der Waals surface area contributed by atoms with Gasteiger partial charge < -0.3 is 5.32 Å². The van der Waals surface area contributed by atoms with Gasteiger partial charge in [-0.15, -0.1) is 0 Å². The smallest absolute Gasteiger partial charge is 0.252 e. The molecular formula is C13H17Br2NO. The van der Waals surface area contributed by atoms with E-state index in [1.165, 1.54) is 0 Å². The van der Waals surface area contributed by atoms with E-state index in [2.05, 4.69) is 44.1 Å². The first kappa shape index (κ1) is 14.7. The number of hydrogen-bond donors (Lipinski definition) is 1. The fraction of sp³-hybridized carbons (Fsp3) is 0.462. The third-order valence-corrected chi connectivity index (χ3v) is 3.55. The predicted molar refractivity (Wildman–Crippen MR) is 78.8 cm³/mol. The van der Waals surface area contributed by atoms with Gasteiger partial charge in [0, 0.05) is 15.8 Å². The van der Waals surface area contributed by atoms with Gasteiger partial charge in [-0.1, -0.05) is 28.9 Å². The number of amides is 1. The summed E-state index contributed by atoms with van der Waals surface area (Å²) < 4.78 is 0.851. The summed E-state index contributed by atoms with van der Waals surface area (Å²) in [6.07, 6.45) is 2.05. The molecule has 0 aliphatic carbocycles. The second-order valence-electron chi connectivity index (χ2n) is 4.16. The van der Waals surface area contributed by atoms with E-state index in [1.54, 1.807) is 0 Å². The van der Waals surface area contributed by atoms with Crippen molar-refractivity contribution in [1.29, 1.82) is 0 Å². The summed E-state index contributed by atoms with van der Waals surface area (Å²) >= 11 is 6.90. The lowest BCUT2D eigenvalue weighted by Crippen LogP contribution is -2.25. The number of aryl methyl sites for hydroxylation is 1. The number of alkyl halides is 1. The van der Waals surface area contributed by atoms with E-state index in [4.69, 9.17) is 0 Å². The molecule has 1 atom stereocenters. The Morgan fingerprint density at radius 1 is 1.47 bits per heavy atom. The van der Waals surface area contributed by atoms with Crippen LogP contribution in [0.2, 0.25) is 0 Å². The van der Waals surface area contributed by atoms with Crippen molar-refractivity contribution < 1.29 is 4.79 Å². The second kappa shape index (κ2) is 7.17. The minimum atomic E-state index is -0.0147. The minimum absolute atomic E-state index is 0.0147. The Bertz CT molecular complexity index is 391. The van der Waals surface area contributed by atoms with Crippen molar-refractivity contribution in [2.75, 3.05) is 6.54 Å². The quantitative estimate of drug-likeness (QED) is 0.621. The van der Waals surface area contributed by atoms with Crippen LogP contribution in [0.1, 0.15) is 35.7 Å². The molecule has 0 aromatic heterocycles. The highest BCUT2D eigenvalue weighted by molar-refractivity contribution is 9.10. The third-order valence-electron chi connectivity index (χ3n) is 2.43. The number of hydrogen-bond acceptors (Lipinski definition) is 1. The summed E-state index contributed by atoms with van der Waals surface area (Å²) in [5, 5.41) is 2.92. The van der Waals surface area contributed by atoms with Crippen LogP contribution in [0.4, 0.5) is 0 Å². The standard InChI is InChI=1S/C13H17Br2NO/c1-9-5-6-11(12(15)8-9)13(17)16-7-3-4-10(2)14/h5-6,8,10H,3-4,7H2,1-2H3,(H,16,17). The Hall–Kier alpha value is -0.350. The van der Waals surface area contributed by atoms with E-state index in [0.29, 0.717) is 10.4 Å². The molecule has 0 spiro atoms. The highest BCUT2D eigenvalue weighted by Crippen LogP contribution is 2.18. The van der Waals surface area contributed by atoms with Gasteiger partial charge in [-0.2, -0.15) is 0 Å². The van der Waals surface area contributed by atoms with Crippen LogP contribution in [0, 0.1) is 6.92 Å². The van der Waals surface area contributed by atoms with Gasteiger partial charge in [0.05, 0.1) is 5.56 Å². The zero-order valence-electron chi connectivity index (χ0n) is 10.1. The molecule has 2 nitrogen and oxygen atoms in total. The van der Waals surface area contributed by atoms with Gasteiger partial charge in [0.25, 0.3) is 5.91 Å². The highest BCUT2D eigenvalue weighted by atomic mass is 79.9. The van der Waals surface area contributed by atoms with E-state index in [9.17, 15) is 4.79 Å². The van der Waals surface area contributed by atoms with Crippen LogP contribution in [-0.2, 0) is 0 Å². The van der Waals surface area contributed by atoms with Crippen LogP contribution >= 0.6 is 31.9 Å². The Kier molecular flexibility index (Phi) is 6.20. The molecule has 17 heavy (non-hydrogen) atoms. The maximum atomic E-state index is 11.9. The molecular weight excluding hydrogens is 346 g/mol. The summed E-state index contributed by atoms with van der Waals surface area (Å²) in [7, 11) is 0. The molecule has 1 aromatic rings. The summed E-state index contributed by atoms with van der Waals surface area (Å²) in [6.45, 7) is 4.83. The fourth-order valence-corrected chi connectivity index (χ4v) is 2.48. The van der Waals surface area contributed by atoms with Gasteiger partial charge in [0.1, 0.15) is 0 Å². The van der Waals surface area contributed by atoms with E-state index in [1.807, 2.05) is 25.1 Å². The van der Waals surface area contributed by atoms with Crippen molar-refractivity contribution in [2.45, 2.75) is 31.5 Å². The number of halogens is 2. The molecule has 0 saturated carbocycles. The van der Waals surface area contributed by atoms with Crippen LogP contribution in [-0.4, -0.2) is 17.3 Å². The van der Waals surface area contributed by atoms with Gasteiger partial charge in [-0.3, -0.25) is 4.79 Å². The van der Waals surface area contributed by atoms with E-state index < -0.39 is 0 Å². The van der Waals surface area contributed by atoms with Crippen molar-refractivity contribution in [3.8, 4) is 0 Å². The van der Waals surface area contributed by atoms with Crippen LogP contribution in [0.3, 0.4) is 0 Å². The minimum Gasteiger partial charge on any atom is -0.352 e. The highest BCUT2D eigenvalue weighted by Gasteiger charge is 2.09. The molecule has 1 amide bonds. The molecule has 0 aliphatic heterocycles. The van der Waals surface area contributed by atoms with Crippen molar-refractivity contribution in [1.82, 2.24) is 5.32 Å². The topological polar surface area (TPSA) is 29.1 Å². The van der Waals surface area contributed by atoms with Gasteiger partial charge in [-0.25, -0.2) is 0 Å². The molecule has 1 aromatic carbocycles. The van der Waals surface area contributed by atoms with Crippen LogP contribution in [0.5, 0.6) is 0 Å². The number of benzene rings is 1. The summed E-state index contributed by atoms with van der Waals surface area (Å²) in [6, 6.07) is 5.75. The van der Waals surface area contributed by atoms with E-state index in [-0.39, 0.29) is 5.91 Å². The Labute approximate surface area is 119 Å². The van der Waals surface area contributed by atoms with Gasteiger partial charge in [0.15, 0.2) is 0 Å². The van der Waals surface area contributed by atoms with E-state index in [0.717, 1.165) is 29.4 Å². The molecule has 0 radical (unpaired) electrons. The fourth-order valence-electron chi connectivity index (χ4n) is 1.48. The summed E-state index contributed by atoms with van der Waals surface area (Å²) in [5.74, 6) is -0.0147. The summed E-state index contributed by atoms with van der Waals surface area (Å²) in [4.78, 5) is 12.4. The lowest BCUT2D eigenvalue weighted by atomic mass is 10.1. The number of nitrogens with one attached hydrogen (secondary N) is 1. The number of carbonyl (C=O) groups is 1. The maximum absolute atomic E-state index is 11.9. The maximum Gasteiger partial charge on any atom is 0.252 e. The Morgan fingerprint density at radius 2 is 2.18 bits per heavy atom. The molecule has 4 heteroatoms. The molecule has 0 fully saturated rings. The van der Waals surface area contributed by atoms with Crippen molar-refractivity contribution in [2.24, 2.45) is 0 Å².